The number of nitrogen functional groups attached to an aromatic ring is 1. The highest BCUT2D eigenvalue weighted by molar-refractivity contribution is 7.89. The summed E-state index contributed by atoms with van der Waals surface area (Å²) in [6.07, 6.45) is 0. The summed E-state index contributed by atoms with van der Waals surface area (Å²) in [6.45, 7) is 2.15. The normalized spacial score (nSPS) is 11.5. The van der Waals surface area contributed by atoms with Gasteiger partial charge in [0.2, 0.25) is 10.0 Å². The summed E-state index contributed by atoms with van der Waals surface area (Å²) in [5, 5.41) is 11.8. The molecule has 102 valence electrons. The predicted molar refractivity (Wildman–Crippen MR) is 70.8 cm³/mol. The van der Waals surface area contributed by atoms with Crippen LogP contribution in [0.4, 0.5) is 11.4 Å². The third kappa shape index (κ3) is 3.24. The van der Waals surface area contributed by atoms with E-state index in [2.05, 4.69) is 10.5 Å². The van der Waals surface area contributed by atoms with E-state index in [1.54, 1.807) is 6.07 Å². The van der Waals surface area contributed by atoms with Crippen molar-refractivity contribution in [2.24, 2.45) is 5.14 Å². The number of rotatable bonds is 4. The number of aromatic nitrogens is 1. The molecule has 5 N–H and O–H groups in total. The van der Waals surface area contributed by atoms with Gasteiger partial charge in [-0.3, -0.25) is 0 Å². The molecule has 0 saturated heterocycles. The molecule has 8 heteroatoms. The van der Waals surface area contributed by atoms with Crippen LogP contribution >= 0.6 is 0 Å². The van der Waals surface area contributed by atoms with E-state index in [0.29, 0.717) is 23.7 Å². The molecule has 19 heavy (non-hydrogen) atoms. The zero-order valence-corrected chi connectivity index (χ0v) is 11.1. The third-order valence-electron chi connectivity index (χ3n) is 2.48. The minimum atomic E-state index is -3.75. The molecule has 1 heterocycles. The zero-order chi connectivity index (χ0) is 14.0. The molecular weight excluding hydrogens is 268 g/mol. The van der Waals surface area contributed by atoms with Gasteiger partial charge in [0.1, 0.15) is 0 Å². The van der Waals surface area contributed by atoms with Crippen molar-refractivity contribution in [1.82, 2.24) is 5.16 Å². The third-order valence-corrected chi connectivity index (χ3v) is 3.39. The van der Waals surface area contributed by atoms with Gasteiger partial charge in [-0.25, -0.2) is 13.6 Å². The van der Waals surface area contributed by atoms with Crippen LogP contribution in [0.2, 0.25) is 0 Å². The molecule has 0 aliphatic rings. The number of hydrogen-bond acceptors (Lipinski definition) is 6. The molecule has 0 amide bonds. The van der Waals surface area contributed by atoms with Gasteiger partial charge in [-0.15, -0.1) is 0 Å². The minimum Gasteiger partial charge on any atom is -0.397 e. The average molecular weight is 282 g/mol. The van der Waals surface area contributed by atoms with E-state index in [-0.39, 0.29) is 4.90 Å². The summed E-state index contributed by atoms with van der Waals surface area (Å²) in [4.78, 5) is -0.00190. The Balaban J connectivity index is 2.20. The molecule has 1 aromatic carbocycles. The van der Waals surface area contributed by atoms with Crippen molar-refractivity contribution in [3.05, 3.63) is 35.7 Å². The Hall–Kier alpha value is -2.06. The van der Waals surface area contributed by atoms with Crippen molar-refractivity contribution in [1.29, 1.82) is 0 Å². The maximum Gasteiger partial charge on any atom is 0.238 e. The van der Waals surface area contributed by atoms with E-state index in [9.17, 15) is 8.42 Å². The summed E-state index contributed by atoms with van der Waals surface area (Å²) in [7, 11) is -3.75. The molecule has 0 radical (unpaired) electrons. The molecular formula is C11H14N4O3S. The predicted octanol–water partition coefficient (Wildman–Crippen LogP) is 0.825. The summed E-state index contributed by atoms with van der Waals surface area (Å²) in [5.74, 6) is 0.623. The maximum atomic E-state index is 11.3. The second-order valence-corrected chi connectivity index (χ2v) is 5.64. The quantitative estimate of drug-likeness (QED) is 0.713. The molecule has 0 bridgehead atoms. The first kappa shape index (κ1) is 13.4. The van der Waals surface area contributed by atoms with Crippen molar-refractivity contribution in [3.8, 4) is 0 Å². The SMILES string of the molecule is Cc1cc(CNc2cc(S(N)(=O)=O)ccc2N)on1. The summed E-state index contributed by atoms with van der Waals surface area (Å²) in [6, 6.07) is 5.99. The van der Waals surface area contributed by atoms with Crippen LogP contribution < -0.4 is 16.2 Å². The van der Waals surface area contributed by atoms with Gasteiger partial charge < -0.3 is 15.6 Å². The number of sulfonamides is 1. The number of nitrogens with two attached hydrogens (primary N) is 2. The zero-order valence-electron chi connectivity index (χ0n) is 10.3. The monoisotopic (exact) mass is 282 g/mol. The van der Waals surface area contributed by atoms with Crippen LogP contribution in [0.15, 0.2) is 33.7 Å². The van der Waals surface area contributed by atoms with Crippen molar-refractivity contribution >= 4 is 21.4 Å². The first-order valence-corrected chi connectivity index (χ1v) is 6.99. The van der Waals surface area contributed by atoms with Gasteiger partial charge in [0.05, 0.1) is 28.5 Å². The van der Waals surface area contributed by atoms with E-state index >= 15 is 0 Å². The van der Waals surface area contributed by atoms with E-state index in [4.69, 9.17) is 15.4 Å². The fourth-order valence-corrected chi connectivity index (χ4v) is 2.09. The average Bonchev–Trinajstić information content (AvgIpc) is 2.72. The maximum absolute atomic E-state index is 11.3. The molecule has 2 aromatic rings. The Morgan fingerprint density at radius 3 is 2.68 bits per heavy atom. The standard InChI is InChI=1S/C11H14N4O3S/c1-7-4-8(18-15-7)6-14-11-5-9(19(13,16)17)2-3-10(11)12/h2-5,14H,6,12H2,1H3,(H2,13,16,17). The lowest BCUT2D eigenvalue weighted by atomic mass is 10.2. The van der Waals surface area contributed by atoms with Crippen molar-refractivity contribution < 1.29 is 12.9 Å². The van der Waals surface area contributed by atoms with Gasteiger partial charge in [0, 0.05) is 6.07 Å². The molecule has 0 aliphatic carbocycles. The Morgan fingerprint density at radius 1 is 1.37 bits per heavy atom. The molecule has 0 aliphatic heterocycles. The number of nitrogens with one attached hydrogen (secondary N) is 1. The lowest BCUT2D eigenvalue weighted by molar-refractivity contribution is 0.384. The largest absolute Gasteiger partial charge is 0.397 e. The first-order chi connectivity index (χ1) is 8.86. The second kappa shape index (κ2) is 4.90. The number of primary sulfonamides is 1. The molecule has 0 spiro atoms. The Morgan fingerprint density at radius 2 is 2.11 bits per heavy atom. The van der Waals surface area contributed by atoms with Crippen LogP contribution in [0.5, 0.6) is 0 Å². The van der Waals surface area contributed by atoms with Crippen molar-refractivity contribution in [2.75, 3.05) is 11.1 Å². The lowest BCUT2D eigenvalue weighted by Gasteiger charge is -2.09. The van der Waals surface area contributed by atoms with Crippen molar-refractivity contribution in [3.63, 3.8) is 0 Å². The van der Waals surface area contributed by atoms with Crippen LogP contribution in [0.25, 0.3) is 0 Å². The number of benzene rings is 1. The van der Waals surface area contributed by atoms with Gasteiger partial charge in [0.25, 0.3) is 0 Å². The summed E-state index contributed by atoms with van der Waals surface area (Å²) in [5.41, 5.74) is 7.42. The molecule has 1 aromatic heterocycles. The summed E-state index contributed by atoms with van der Waals surface area (Å²) < 4.78 is 27.5. The number of nitrogens with zero attached hydrogens (tertiary/aromatic N) is 1. The van der Waals surface area contributed by atoms with Crippen LogP contribution in [0.1, 0.15) is 11.5 Å². The topological polar surface area (TPSA) is 124 Å². The van der Waals surface area contributed by atoms with Crippen molar-refractivity contribution in [2.45, 2.75) is 18.4 Å². The van der Waals surface area contributed by atoms with E-state index in [1.165, 1.54) is 18.2 Å². The van der Waals surface area contributed by atoms with Gasteiger partial charge >= 0.3 is 0 Å². The highest BCUT2D eigenvalue weighted by Gasteiger charge is 2.10. The molecule has 0 fully saturated rings. The van der Waals surface area contributed by atoms with Gasteiger partial charge in [-0.2, -0.15) is 0 Å². The highest BCUT2D eigenvalue weighted by Crippen LogP contribution is 2.22. The molecule has 0 unspecified atom stereocenters. The van der Waals surface area contributed by atoms with Crippen LogP contribution in [-0.2, 0) is 16.6 Å². The number of hydrogen-bond donors (Lipinski definition) is 3. The summed E-state index contributed by atoms with van der Waals surface area (Å²) >= 11 is 0. The van der Waals surface area contributed by atoms with Gasteiger partial charge in [-0.05, 0) is 25.1 Å². The highest BCUT2D eigenvalue weighted by atomic mass is 32.2. The first-order valence-electron chi connectivity index (χ1n) is 5.44. The molecule has 0 saturated carbocycles. The Labute approximate surface area is 110 Å². The fraction of sp³-hybridized carbons (Fsp3) is 0.182. The molecule has 2 rings (SSSR count). The van der Waals surface area contributed by atoms with Gasteiger partial charge in [0.15, 0.2) is 5.76 Å². The molecule has 7 nitrogen and oxygen atoms in total. The van der Waals surface area contributed by atoms with E-state index in [0.717, 1.165) is 5.69 Å². The number of anilines is 2. The lowest BCUT2D eigenvalue weighted by Crippen LogP contribution is -2.13. The number of aryl methyl sites for hydroxylation is 1. The molecule has 0 atom stereocenters. The van der Waals surface area contributed by atoms with Gasteiger partial charge in [-0.1, -0.05) is 5.16 Å². The van der Waals surface area contributed by atoms with Crippen LogP contribution in [0.3, 0.4) is 0 Å². The smallest absolute Gasteiger partial charge is 0.238 e. The second-order valence-electron chi connectivity index (χ2n) is 4.08. The van der Waals surface area contributed by atoms with E-state index < -0.39 is 10.0 Å². The van der Waals surface area contributed by atoms with Crippen LogP contribution in [-0.4, -0.2) is 13.6 Å². The Bertz CT molecular complexity index is 694. The minimum absolute atomic E-state index is 0.00190. The fourth-order valence-electron chi connectivity index (χ4n) is 1.55. The Kier molecular flexibility index (Phi) is 3.45. The van der Waals surface area contributed by atoms with E-state index in [1.807, 2.05) is 6.92 Å². The van der Waals surface area contributed by atoms with Crippen LogP contribution in [0, 0.1) is 6.92 Å².